The molecule has 0 aliphatic heterocycles. The van der Waals surface area contributed by atoms with Crippen molar-refractivity contribution in [2.45, 2.75) is 13.8 Å². The Morgan fingerprint density at radius 1 is 1.38 bits per heavy atom. The van der Waals surface area contributed by atoms with Crippen LogP contribution in [0.1, 0.15) is 13.8 Å². The second-order valence-corrected chi connectivity index (χ2v) is 4.10. The van der Waals surface area contributed by atoms with Gasteiger partial charge < -0.3 is 15.4 Å². The number of nitrogens with two attached hydrogens (primary N) is 1. The van der Waals surface area contributed by atoms with Crippen LogP contribution < -0.4 is 5.73 Å². The van der Waals surface area contributed by atoms with Crippen LogP contribution >= 0.6 is 15.9 Å². The number of hydrogen-bond acceptors (Lipinski definition) is 3. The molecule has 0 heterocycles. The van der Waals surface area contributed by atoms with E-state index < -0.39 is 0 Å². The van der Waals surface area contributed by atoms with Crippen LogP contribution in [0, 0.1) is 0 Å². The summed E-state index contributed by atoms with van der Waals surface area (Å²) in [6.45, 7) is 12.7. The first-order valence-corrected chi connectivity index (χ1v) is 6.01. The molecule has 94 valence electrons. The lowest BCUT2D eigenvalue weighted by atomic mass is 10.4. The van der Waals surface area contributed by atoms with Crippen LogP contribution in [0.15, 0.2) is 35.2 Å². The van der Waals surface area contributed by atoms with Crippen LogP contribution in [0.4, 0.5) is 0 Å². The van der Waals surface area contributed by atoms with E-state index in [9.17, 15) is 0 Å². The zero-order valence-electron chi connectivity index (χ0n) is 10.7. The van der Waals surface area contributed by atoms with Gasteiger partial charge in [0.05, 0.1) is 4.48 Å². The summed E-state index contributed by atoms with van der Waals surface area (Å²) in [6, 6.07) is 0. The fourth-order valence-corrected chi connectivity index (χ4v) is 0.934. The van der Waals surface area contributed by atoms with Gasteiger partial charge in [-0.25, -0.2) is 0 Å². The number of rotatable bonds is 6. The van der Waals surface area contributed by atoms with E-state index in [1.807, 2.05) is 32.8 Å². The predicted octanol–water partition coefficient (Wildman–Crippen LogP) is 2.86. The Labute approximate surface area is 108 Å². The maximum absolute atomic E-state index is 5.46. The molecule has 0 unspecified atom stereocenters. The van der Waals surface area contributed by atoms with Crippen LogP contribution in [0.25, 0.3) is 0 Å². The van der Waals surface area contributed by atoms with Gasteiger partial charge in [-0.1, -0.05) is 27.0 Å². The van der Waals surface area contributed by atoms with Crippen LogP contribution in [-0.2, 0) is 4.74 Å². The molecule has 0 aromatic carbocycles. The minimum Gasteiger partial charge on any atom is -0.491 e. The third-order valence-corrected chi connectivity index (χ3v) is 1.77. The Kier molecular flexibility index (Phi) is 11.9. The first-order chi connectivity index (χ1) is 7.43. The summed E-state index contributed by atoms with van der Waals surface area (Å²) < 4.78 is 6.13. The van der Waals surface area contributed by atoms with Crippen molar-refractivity contribution in [1.29, 1.82) is 0 Å². The molecule has 16 heavy (non-hydrogen) atoms. The van der Waals surface area contributed by atoms with Crippen molar-refractivity contribution >= 4 is 15.9 Å². The summed E-state index contributed by atoms with van der Waals surface area (Å²) in [7, 11) is 3.97. The van der Waals surface area contributed by atoms with Gasteiger partial charge in [-0.15, -0.1) is 0 Å². The van der Waals surface area contributed by atoms with Crippen LogP contribution in [0.2, 0.25) is 0 Å². The normalized spacial score (nSPS) is 10.5. The van der Waals surface area contributed by atoms with Gasteiger partial charge >= 0.3 is 0 Å². The molecule has 0 radical (unpaired) electrons. The van der Waals surface area contributed by atoms with E-state index >= 15 is 0 Å². The van der Waals surface area contributed by atoms with Gasteiger partial charge in [0.1, 0.15) is 12.4 Å². The molecule has 0 saturated heterocycles. The van der Waals surface area contributed by atoms with Gasteiger partial charge in [0, 0.05) is 18.3 Å². The van der Waals surface area contributed by atoms with E-state index in [4.69, 9.17) is 10.5 Å². The van der Waals surface area contributed by atoms with E-state index in [2.05, 4.69) is 29.1 Å². The van der Waals surface area contributed by atoms with Crippen molar-refractivity contribution in [3.63, 3.8) is 0 Å². The van der Waals surface area contributed by atoms with E-state index in [1.54, 1.807) is 6.08 Å². The van der Waals surface area contributed by atoms with Crippen LogP contribution in [0.5, 0.6) is 0 Å². The molecule has 2 N–H and O–H groups in total. The smallest absolute Gasteiger partial charge is 0.134 e. The van der Waals surface area contributed by atoms with Crippen LogP contribution in [-0.4, -0.2) is 32.1 Å². The average molecular weight is 291 g/mol. The number of ether oxygens (including phenoxy) is 1. The Bertz CT molecular complexity index is 247. The number of likely N-dealkylation sites (N-methyl/N-ethyl adjacent to an activating group) is 1. The molecule has 0 saturated carbocycles. The SMILES string of the molecule is C=C(N)/C=C(/OCCN(C)C)C(=C)Br.CC. The molecule has 0 fully saturated rings. The maximum atomic E-state index is 5.46. The molecule has 0 aliphatic carbocycles. The molecule has 0 aromatic rings. The first-order valence-electron chi connectivity index (χ1n) is 5.22. The molecule has 0 spiro atoms. The summed E-state index contributed by atoms with van der Waals surface area (Å²) in [4.78, 5) is 2.03. The molecular weight excluding hydrogens is 268 g/mol. The molecule has 0 amide bonds. The van der Waals surface area contributed by atoms with Crippen LogP contribution in [0.3, 0.4) is 0 Å². The standard InChI is InChI=1S/C10H17BrN2O.C2H6/c1-8(12)7-10(9(2)11)14-6-5-13(3)4;1-2/h7H,1-2,5-6,12H2,3-4H3;1-2H3/b10-7+;. The van der Waals surface area contributed by atoms with Gasteiger partial charge in [-0.2, -0.15) is 0 Å². The molecule has 0 atom stereocenters. The fourth-order valence-electron chi connectivity index (χ4n) is 0.705. The zero-order chi connectivity index (χ0) is 13.1. The van der Waals surface area contributed by atoms with Crippen molar-refractivity contribution in [1.82, 2.24) is 4.90 Å². The van der Waals surface area contributed by atoms with Gasteiger partial charge in [-0.05, 0) is 30.0 Å². The Balaban J connectivity index is 0. The topological polar surface area (TPSA) is 38.5 Å². The van der Waals surface area contributed by atoms with Crippen molar-refractivity contribution in [3.8, 4) is 0 Å². The molecule has 0 aromatic heterocycles. The highest BCUT2D eigenvalue weighted by molar-refractivity contribution is 9.11. The monoisotopic (exact) mass is 290 g/mol. The highest BCUT2D eigenvalue weighted by atomic mass is 79.9. The Morgan fingerprint density at radius 2 is 1.88 bits per heavy atom. The highest BCUT2D eigenvalue weighted by Crippen LogP contribution is 2.16. The summed E-state index contributed by atoms with van der Waals surface area (Å²) in [6.07, 6.45) is 1.65. The number of halogens is 1. The van der Waals surface area contributed by atoms with Gasteiger partial charge in [0.25, 0.3) is 0 Å². The number of allylic oxidation sites excluding steroid dienone is 2. The summed E-state index contributed by atoms with van der Waals surface area (Å²) in [5.41, 5.74) is 5.89. The van der Waals surface area contributed by atoms with E-state index in [0.29, 0.717) is 22.5 Å². The predicted molar refractivity (Wildman–Crippen MR) is 75.3 cm³/mol. The maximum Gasteiger partial charge on any atom is 0.134 e. The van der Waals surface area contributed by atoms with E-state index in [0.717, 1.165) is 6.54 Å². The third-order valence-electron chi connectivity index (χ3n) is 1.38. The molecule has 4 heteroatoms. The lowest BCUT2D eigenvalue weighted by Gasteiger charge is -2.12. The summed E-state index contributed by atoms with van der Waals surface area (Å²) in [5, 5.41) is 0. The molecule has 3 nitrogen and oxygen atoms in total. The molecule has 0 rings (SSSR count). The second kappa shape index (κ2) is 10.8. The minimum absolute atomic E-state index is 0.449. The Morgan fingerprint density at radius 3 is 2.19 bits per heavy atom. The van der Waals surface area contributed by atoms with Crippen molar-refractivity contribution in [2.75, 3.05) is 27.2 Å². The highest BCUT2D eigenvalue weighted by Gasteiger charge is 2.01. The molecular formula is C12H23BrN2O. The lowest BCUT2D eigenvalue weighted by molar-refractivity contribution is 0.192. The quantitative estimate of drug-likeness (QED) is 0.604. The van der Waals surface area contributed by atoms with Crippen molar-refractivity contribution in [3.05, 3.63) is 35.2 Å². The minimum atomic E-state index is 0.449. The van der Waals surface area contributed by atoms with Crippen molar-refractivity contribution in [2.24, 2.45) is 5.73 Å². The largest absolute Gasteiger partial charge is 0.491 e. The number of hydrogen-bond donors (Lipinski definition) is 1. The molecule has 0 bridgehead atoms. The average Bonchev–Trinajstić information content (AvgIpc) is 2.18. The summed E-state index contributed by atoms with van der Waals surface area (Å²) >= 11 is 3.24. The third kappa shape index (κ3) is 11.3. The fraction of sp³-hybridized carbons (Fsp3) is 0.500. The second-order valence-electron chi connectivity index (χ2n) is 3.14. The van der Waals surface area contributed by atoms with Gasteiger partial charge in [0.15, 0.2) is 0 Å². The van der Waals surface area contributed by atoms with E-state index in [1.165, 1.54) is 0 Å². The zero-order valence-corrected chi connectivity index (χ0v) is 12.3. The van der Waals surface area contributed by atoms with Crippen molar-refractivity contribution < 1.29 is 4.74 Å². The van der Waals surface area contributed by atoms with Gasteiger partial charge in [-0.3, -0.25) is 0 Å². The first kappa shape index (κ1) is 17.6. The van der Waals surface area contributed by atoms with E-state index in [-0.39, 0.29) is 0 Å². The lowest BCUT2D eigenvalue weighted by Crippen LogP contribution is -2.18. The Hall–Kier alpha value is -0.740. The molecule has 0 aliphatic rings. The summed E-state index contributed by atoms with van der Waals surface area (Å²) in [5.74, 6) is 0.624. The number of nitrogens with zero attached hydrogens (tertiary/aromatic N) is 1. The van der Waals surface area contributed by atoms with Gasteiger partial charge in [0.2, 0.25) is 0 Å².